The molecule has 0 atom stereocenters. The van der Waals surface area contributed by atoms with Crippen molar-refractivity contribution < 1.29 is 9.90 Å². The number of halogens is 1. The first-order chi connectivity index (χ1) is 12.0. The summed E-state index contributed by atoms with van der Waals surface area (Å²) in [4.78, 5) is 16.5. The van der Waals surface area contributed by atoms with Gasteiger partial charge in [-0.3, -0.25) is 4.79 Å². The van der Waals surface area contributed by atoms with Gasteiger partial charge >= 0.3 is 0 Å². The SMILES string of the molecule is CCCC(O)(CCC)CNC(=NCC(=O)NC1CCCCC1)NCC.I. The first-order valence-electron chi connectivity index (χ1n) is 10.1. The molecule has 0 aromatic heterocycles. The van der Waals surface area contributed by atoms with Gasteiger partial charge in [0, 0.05) is 19.1 Å². The third-order valence-corrected chi connectivity index (χ3v) is 4.71. The molecule has 0 radical (unpaired) electrons. The third-order valence-electron chi connectivity index (χ3n) is 4.71. The summed E-state index contributed by atoms with van der Waals surface area (Å²) in [6.45, 7) is 7.43. The van der Waals surface area contributed by atoms with Crippen molar-refractivity contribution in [1.29, 1.82) is 0 Å². The Hall–Kier alpha value is -0.570. The topological polar surface area (TPSA) is 85.8 Å². The van der Waals surface area contributed by atoms with Gasteiger partial charge in [0.25, 0.3) is 0 Å². The van der Waals surface area contributed by atoms with Gasteiger partial charge < -0.3 is 21.1 Å². The first kappa shape index (κ1) is 25.4. The molecule has 1 fully saturated rings. The molecule has 0 aromatic rings. The number of guanidine groups is 1. The van der Waals surface area contributed by atoms with Crippen molar-refractivity contribution in [1.82, 2.24) is 16.0 Å². The zero-order chi connectivity index (χ0) is 18.5. The van der Waals surface area contributed by atoms with Gasteiger partial charge in [0.05, 0.1) is 5.60 Å². The Morgan fingerprint density at radius 2 is 1.69 bits per heavy atom. The lowest BCUT2D eigenvalue weighted by Gasteiger charge is -2.28. The maximum Gasteiger partial charge on any atom is 0.242 e. The van der Waals surface area contributed by atoms with Gasteiger partial charge in [0.1, 0.15) is 6.54 Å². The summed E-state index contributed by atoms with van der Waals surface area (Å²) >= 11 is 0. The fraction of sp³-hybridized carbons (Fsp3) is 0.895. The molecule has 4 N–H and O–H groups in total. The summed E-state index contributed by atoms with van der Waals surface area (Å²) in [7, 11) is 0. The van der Waals surface area contributed by atoms with Crippen LogP contribution in [0.25, 0.3) is 0 Å². The number of aliphatic imine (C=N–C) groups is 1. The van der Waals surface area contributed by atoms with Crippen LogP contribution in [0.15, 0.2) is 4.99 Å². The van der Waals surface area contributed by atoms with Gasteiger partial charge in [0.2, 0.25) is 5.91 Å². The first-order valence-corrected chi connectivity index (χ1v) is 10.1. The van der Waals surface area contributed by atoms with Gasteiger partial charge in [-0.15, -0.1) is 24.0 Å². The minimum Gasteiger partial charge on any atom is -0.388 e. The van der Waals surface area contributed by atoms with Gasteiger partial charge in [-0.2, -0.15) is 0 Å². The highest BCUT2D eigenvalue weighted by atomic mass is 127. The van der Waals surface area contributed by atoms with Crippen molar-refractivity contribution in [2.45, 2.75) is 90.2 Å². The average molecular weight is 482 g/mol. The van der Waals surface area contributed by atoms with E-state index in [1.165, 1.54) is 19.3 Å². The van der Waals surface area contributed by atoms with Crippen molar-refractivity contribution >= 4 is 35.8 Å². The second kappa shape index (κ2) is 14.5. The van der Waals surface area contributed by atoms with Crippen molar-refractivity contribution in [3.8, 4) is 0 Å². The molecule has 0 bridgehead atoms. The van der Waals surface area contributed by atoms with Crippen LogP contribution in [0.4, 0.5) is 0 Å². The highest BCUT2D eigenvalue weighted by Gasteiger charge is 2.25. The van der Waals surface area contributed by atoms with E-state index in [2.05, 4.69) is 34.8 Å². The number of nitrogens with one attached hydrogen (secondary N) is 3. The zero-order valence-corrected chi connectivity index (χ0v) is 19.1. The molecule has 1 aliphatic carbocycles. The fourth-order valence-electron chi connectivity index (χ4n) is 3.49. The molecular formula is C19H39IN4O2. The van der Waals surface area contributed by atoms with E-state index in [0.29, 0.717) is 18.5 Å². The van der Waals surface area contributed by atoms with E-state index >= 15 is 0 Å². The summed E-state index contributed by atoms with van der Waals surface area (Å²) in [6, 6.07) is 0.311. The summed E-state index contributed by atoms with van der Waals surface area (Å²) in [5.74, 6) is 0.563. The molecule has 0 unspecified atom stereocenters. The van der Waals surface area contributed by atoms with Crippen LogP contribution in [0.5, 0.6) is 0 Å². The maximum atomic E-state index is 12.1. The van der Waals surface area contributed by atoms with Crippen LogP contribution in [0.1, 0.15) is 78.6 Å². The molecule has 7 heteroatoms. The summed E-state index contributed by atoms with van der Waals surface area (Å²) < 4.78 is 0. The molecule has 0 aliphatic heterocycles. The molecule has 0 aromatic carbocycles. The lowest BCUT2D eigenvalue weighted by molar-refractivity contribution is -0.120. The van der Waals surface area contributed by atoms with E-state index in [0.717, 1.165) is 45.1 Å². The van der Waals surface area contributed by atoms with Crippen molar-refractivity contribution in [2.24, 2.45) is 4.99 Å². The number of carbonyl (C=O) groups excluding carboxylic acids is 1. The fourth-order valence-corrected chi connectivity index (χ4v) is 3.49. The van der Waals surface area contributed by atoms with Crippen molar-refractivity contribution in [3.05, 3.63) is 0 Å². The van der Waals surface area contributed by atoms with Gasteiger partial charge in [-0.1, -0.05) is 46.0 Å². The summed E-state index contributed by atoms with van der Waals surface area (Å²) in [6.07, 6.45) is 9.23. The van der Waals surface area contributed by atoms with Crippen LogP contribution in [-0.4, -0.2) is 48.3 Å². The number of hydrogen-bond acceptors (Lipinski definition) is 3. The summed E-state index contributed by atoms with van der Waals surface area (Å²) in [5, 5.41) is 20.1. The Morgan fingerprint density at radius 3 is 2.23 bits per heavy atom. The number of carbonyl (C=O) groups is 1. The van der Waals surface area contributed by atoms with E-state index in [1.807, 2.05) is 6.92 Å². The minimum absolute atomic E-state index is 0. The Morgan fingerprint density at radius 1 is 1.08 bits per heavy atom. The molecule has 0 spiro atoms. The third kappa shape index (κ3) is 10.5. The predicted octanol–water partition coefficient (Wildman–Crippen LogP) is 2.94. The Balaban J connectivity index is 0.00000625. The number of aliphatic hydroxyl groups is 1. The van der Waals surface area contributed by atoms with Crippen LogP contribution in [-0.2, 0) is 4.79 Å². The van der Waals surface area contributed by atoms with E-state index in [-0.39, 0.29) is 36.4 Å². The van der Waals surface area contributed by atoms with E-state index in [4.69, 9.17) is 0 Å². The molecule has 6 nitrogen and oxygen atoms in total. The van der Waals surface area contributed by atoms with Crippen LogP contribution in [0.2, 0.25) is 0 Å². The highest BCUT2D eigenvalue weighted by molar-refractivity contribution is 14.0. The summed E-state index contributed by atoms with van der Waals surface area (Å²) in [5.41, 5.74) is -0.718. The number of rotatable bonds is 10. The van der Waals surface area contributed by atoms with Gasteiger partial charge in [-0.05, 0) is 32.6 Å². The molecule has 1 aliphatic rings. The van der Waals surface area contributed by atoms with E-state index < -0.39 is 5.60 Å². The van der Waals surface area contributed by atoms with Gasteiger partial charge in [-0.25, -0.2) is 4.99 Å². The van der Waals surface area contributed by atoms with Crippen molar-refractivity contribution in [3.63, 3.8) is 0 Å². The van der Waals surface area contributed by atoms with Crippen LogP contribution in [0, 0.1) is 0 Å². The average Bonchev–Trinajstić information content (AvgIpc) is 2.59. The number of amides is 1. The monoisotopic (exact) mass is 482 g/mol. The Labute approximate surface area is 176 Å². The molecule has 1 rings (SSSR count). The Bertz CT molecular complexity index is 406. The maximum absolute atomic E-state index is 12.1. The molecule has 0 saturated heterocycles. The Kier molecular flexibility index (Phi) is 14.2. The van der Waals surface area contributed by atoms with Crippen LogP contribution >= 0.6 is 24.0 Å². The molecular weight excluding hydrogens is 443 g/mol. The predicted molar refractivity (Wildman–Crippen MR) is 119 cm³/mol. The number of hydrogen-bond donors (Lipinski definition) is 4. The molecule has 0 heterocycles. The van der Waals surface area contributed by atoms with Crippen LogP contribution < -0.4 is 16.0 Å². The lowest BCUT2D eigenvalue weighted by atomic mass is 9.93. The quantitative estimate of drug-likeness (QED) is 0.219. The van der Waals surface area contributed by atoms with Gasteiger partial charge in [0.15, 0.2) is 5.96 Å². The van der Waals surface area contributed by atoms with E-state index in [1.54, 1.807) is 0 Å². The standard InChI is InChI=1S/C19H38N4O2.HI/c1-4-12-19(25,13-5-2)15-22-18(20-6-3)21-14-17(24)23-16-10-8-7-9-11-16;/h16,25H,4-15H2,1-3H3,(H,23,24)(H2,20,21,22);1H. The zero-order valence-electron chi connectivity index (χ0n) is 16.8. The van der Waals surface area contributed by atoms with Crippen LogP contribution in [0.3, 0.4) is 0 Å². The largest absolute Gasteiger partial charge is 0.388 e. The lowest BCUT2D eigenvalue weighted by Crippen LogP contribution is -2.47. The second-order valence-corrected chi connectivity index (χ2v) is 7.18. The van der Waals surface area contributed by atoms with Crippen molar-refractivity contribution in [2.75, 3.05) is 19.6 Å². The molecule has 154 valence electrons. The molecule has 26 heavy (non-hydrogen) atoms. The van der Waals surface area contributed by atoms with E-state index in [9.17, 15) is 9.90 Å². The second-order valence-electron chi connectivity index (χ2n) is 7.18. The molecule has 1 amide bonds. The highest BCUT2D eigenvalue weighted by Crippen LogP contribution is 2.18. The smallest absolute Gasteiger partial charge is 0.242 e. The molecule has 1 saturated carbocycles. The number of nitrogens with zero attached hydrogens (tertiary/aromatic N) is 1. The normalized spacial score (nSPS) is 15.9. The minimum atomic E-state index is -0.718.